The van der Waals surface area contributed by atoms with Crippen LogP contribution in [0, 0.1) is 0 Å². The molecule has 1 saturated heterocycles. The molecule has 0 aromatic heterocycles. The normalized spacial score (nSPS) is 17.1. The Morgan fingerprint density at radius 2 is 1.73 bits per heavy atom. The molecule has 0 radical (unpaired) electrons. The molecule has 0 aliphatic carbocycles. The molecule has 1 N–H and O–H groups in total. The van der Waals surface area contributed by atoms with E-state index in [0.717, 1.165) is 25.9 Å². The van der Waals surface area contributed by atoms with E-state index in [1.807, 2.05) is 4.90 Å². The van der Waals surface area contributed by atoms with E-state index in [0.29, 0.717) is 31.6 Å². The van der Waals surface area contributed by atoms with Gasteiger partial charge in [0.05, 0.1) is 6.10 Å². The number of ether oxygens (including phenoxy) is 1. The first kappa shape index (κ1) is 20.2. The Bertz CT molecular complexity index is 382. The molecule has 0 amide bonds. The largest absolute Gasteiger partial charge is 0.379 e. The fourth-order valence-electron chi connectivity index (χ4n) is 2.42. The Morgan fingerprint density at radius 3 is 2.32 bits per heavy atom. The van der Waals surface area contributed by atoms with Gasteiger partial charge >= 0.3 is 0 Å². The molecule has 0 bridgehead atoms. The third-order valence-corrected chi connectivity index (χ3v) is 6.07. The van der Waals surface area contributed by atoms with E-state index < -0.39 is 10.0 Å². The maximum Gasteiger partial charge on any atom is 0.217 e. The number of unbranched alkanes of at least 4 members (excludes halogenated alkanes) is 5. The smallest absolute Gasteiger partial charge is 0.217 e. The number of thiol groups is 1. The van der Waals surface area contributed by atoms with Crippen molar-refractivity contribution in [2.75, 3.05) is 32.1 Å². The number of likely N-dealkylation sites (tertiary alicyclic amines) is 1. The SMILES string of the molecule is CC(C)OCCCCCCCCNS(=O)(=O)C1CN(CS)C1. The van der Waals surface area contributed by atoms with Crippen molar-refractivity contribution in [1.82, 2.24) is 9.62 Å². The number of hydrogen-bond donors (Lipinski definition) is 2. The molecule has 0 aromatic carbocycles. The number of nitrogens with zero attached hydrogens (tertiary/aromatic N) is 1. The Labute approximate surface area is 141 Å². The third kappa shape index (κ3) is 8.15. The lowest BCUT2D eigenvalue weighted by atomic mass is 10.1. The van der Waals surface area contributed by atoms with Crippen LogP contribution in [0.25, 0.3) is 0 Å². The molecule has 1 heterocycles. The molecule has 132 valence electrons. The second kappa shape index (κ2) is 10.9. The lowest BCUT2D eigenvalue weighted by molar-refractivity contribution is 0.0757. The van der Waals surface area contributed by atoms with Crippen LogP contribution in [0.4, 0.5) is 0 Å². The van der Waals surface area contributed by atoms with Crippen molar-refractivity contribution in [3.05, 3.63) is 0 Å². The summed E-state index contributed by atoms with van der Waals surface area (Å²) in [5.41, 5.74) is 0. The molecule has 1 aliphatic rings. The summed E-state index contributed by atoms with van der Waals surface area (Å²) in [4.78, 5) is 2.01. The molecular formula is C15H32N2O3S2. The summed E-state index contributed by atoms with van der Waals surface area (Å²) in [6.07, 6.45) is 7.01. The van der Waals surface area contributed by atoms with Gasteiger partial charge < -0.3 is 4.74 Å². The zero-order valence-electron chi connectivity index (χ0n) is 14.0. The summed E-state index contributed by atoms with van der Waals surface area (Å²) in [6.45, 7) is 6.74. The van der Waals surface area contributed by atoms with Gasteiger partial charge in [0, 0.05) is 32.1 Å². The molecule has 1 aliphatic heterocycles. The second-order valence-electron chi connectivity index (χ2n) is 6.28. The summed E-state index contributed by atoms with van der Waals surface area (Å²) in [5, 5.41) is -0.249. The molecular weight excluding hydrogens is 320 g/mol. The van der Waals surface area contributed by atoms with Crippen molar-refractivity contribution in [2.45, 2.75) is 63.7 Å². The quantitative estimate of drug-likeness (QED) is 0.394. The third-order valence-electron chi connectivity index (χ3n) is 3.89. The number of nitrogens with one attached hydrogen (secondary N) is 1. The first-order valence-corrected chi connectivity index (χ1v) is 10.6. The minimum atomic E-state index is -3.12. The van der Waals surface area contributed by atoms with Gasteiger partial charge in [0.2, 0.25) is 10.0 Å². The van der Waals surface area contributed by atoms with Crippen LogP contribution >= 0.6 is 12.6 Å². The van der Waals surface area contributed by atoms with E-state index in [2.05, 4.69) is 31.2 Å². The molecule has 0 aromatic rings. The highest BCUT2D eigenvalue weighted by molar-refractivity contribution is 7.90. The summed E-state index contributed by atoms with van der Waals surface area (Å²) in [6, 6.07) is 0. The number of rotatable bonds is 13. The number of hydrogen-bond acceptors (Lipinski definition) is 5. The maximum atomic E-state index is 12.0. The van der Waals surface area contributed by atoms with Crippen LogP contribution in [0.2, 0.25) is 0 Å². The van der Waals surface area contributed by atoms with Crippen LogP contribution in [0.15, 0.2) is 0 Å². The highest BCUT2D eigenvalue weighted by Gasteiger charge is 2.35. The minimum absolute atomic E-state index is 0.249. The molecule has 0 saturated carbocycles. The predicted molar refractivity (Wildman–Crippen MR) is 94.9 cm³/mol. The summed E-state index contributed by atoms with van der Waals surface area (Å²) >= 11 is 4.14. The molecule has 0 atom stereocenters. The standard InChI is InChI=1S/C15H32N2O3S2/c1-14(2)20-10-8-6-4-3-5-7-9-16-22(18,19)15-11-17(12-15)13-21/h14-16,21H,3-13H2,1-2H3. The van der Waals surface area contributed by atoms with Crippen LogP contribution < -0.4 is 4.72 Å². The Hall–Kier alpha value is 0.180. The molecule has 1 rings (SSSR count). The van der Waals surface area contributed by atoms with Gasteiger partial charge in [0.1, 0.15) is 5.25 Å². The van der Waals surface area contributed by atoms with Gasteiger partial charge in [-0.05, 0) is 26.7 Å². The van der Waals surface area contributed by atoms with Crippen LogP contribution in [-0.2, 0) is 14.8 Å². The minimum Gasteiger partial charge on any atom is -0.379 e. The highest BCUT2D eigenvalue weighted by Crippen LogP contribution is 2.15. The van der Waals surface area contributed by atoms with Gasteiger partial charge in [-0.3, -0.25) is 4.90 Å². The van der Waals surface area contributed by atoms with Crippen LogP contribution in [0.1, 0.15) is 52.4 Å². The van der Waals surface area contributed by atoms with Crippen molar-refractivity contribution in [3.8, 4) is 0 Å². The van der Waals surface area contributed by atoms with Crippen LogP contribution in [0.3, 0.4) is 0 Å². The lowest BCUT2D eigenvalue weighted by Crippen LogP contribution is -2.57. The summed E-state index contributed by atoms with van der Waals surface area (Å²) in [7, 11) is -3.12. The topological polar surface area (TPSA) is 58.6 Å². The van der Waals surface area contributed by atoms with Crippen molar-refractivity contribution in [3.63, 3.8) is 0 Å². The van der Waals surface area contributed by atoms with E-state index in [4.69, 9.17) is 4.74 Å². The molecule has 1 fully saturated rings. The molecule has 0 unspecified atom stereocenters. The van der Waals surface area contributed by atoms with Gasteiger partial charge in [-0.25, -0.2) is 13.1 Å². The Kier molecular flexibility index (Phi) is 9.99. The Morgan fingerprint density at radius 1 is 1.14 bits per heavy atom. The average molecular weight is 353 g/mol. The van der Waals surface area contributed by atoms with Crippen molar-refractivity contribution in [2.24, 2.45) is 0 Å². The van der Waals surface area contributed by atoms with Crippen LogP contribution in [0.5, 0.6) is 0 Å². The van der Waals surface area contributed by atoms with E-state index in [-0.39, 0.29) is 5.25 Å². The fourth-order valence-corrected chi connectivity index (χ4v) is 4.13. The van der Waals surface area contributed by atoms with Gasteiger partial charge in [0.25, 0.3) is 0 Å². The highest BCUT2D eigenvalue weighted by atomic mass is 32.2. The average Bonchev–Trinajstić information content (AvgIpc) is 2.39. The Balaban J connectivity index is 1.91. The molecule has 5 nitrogen and oxygen atoms in total. The van der Waals surface area contributed by atoms with Crippen molar-refractivity contribution < 1.29 is 13.2 Å². The first-order valence-electron chi connectivity index (χ1n) is 8.39. The van der Waals surface area contributed by atoms with E-state index in [9.17, 15) is 8.42 Å². The van der Waals surface area contributed by atoms with Gasteiger partial charge in [-0.1, -0.05) is 25.7 Å². The predicted octanol–water partition coefficient (Wildman–Crippen LogP) is 2.24. The van der Waals surface area contributed by atoms with E-state index in [1.54, 1.807) is 0 Å². The van der Waals surface area contributed by atoms with Crippen molar-refractivity contribution >= 4 is 22.7 Å². The maximum absolute atomic E-state index is 12.0. The fraction of sp³-hybridized carbons (Fsp3) is 1.00. The molecule has 0 spiro atoms. The van der Waals surface area contributed by atoms with Gasteiger partial charge in [-0.15, -0.1) is 0 Å². The second-order valence-corrected chi connectivity index (χ2v) is 8.61. The number of sulfonamides is 1. The zero-order chi connectivity index (χ0) is 16.4. The van der Waals surface area contributed by atoms with E-state index in [1.165, 1.54) is 19.3 Å². The zero-order valence-corrected chi connectivity index (χ0v) is 15.7. The van der Waals surface area contributed by atoms with Crippen molar-refractivity contribution in [1.29, 1.82) is 0 Å². The van der Waals surface area contributed by atoms with E-state index >= 15 is 0 Å². The molecule has 7 heteroatoms. The molecule has 22 heavy (non-hydrogen) atoms. The summed E-state index contributed by atoms with van der Waals surface area (Å²) in [5.74, 6) is 0.633. The monoisotopic (exact) mass is 352 g/mol. The lowest BCUT2D eigenvalue weighted by Gasteiger charge is -2.37. The van der Waals surface area contributed by atoms with Gasteiger partial charge in [0.15, 0.2) is 0 Å². The van der Waals surface area contributed by atoms with Gasteiger partial charge in [-0.2, -0.15) is 12.6 Å². The first-order chi connectivity index (χ1) is 10.5. The summed E-state index contributed by atoms with van der Waals surface area (Å²) < 4.78 is 32.1. The van der Waals surface area contributed by atoms with Crippen LogP contribution in [-0.4, -0.2) is 56.8 Å².